The highest BCUT2D eigenvalue weighted by atomic mass is 16.5. The van der Waals surface area contributed by atoms with Crippen LogP contribution in [0.4, 0.5) is 0 Å². The molecule has 7 heteroatoms. The zero-order valence-electron chi connectivity index (χ0n) is 17.2. The molecule has 0 atom stereocenters. The number of likely N-dealkylation sites (tertiary alicyclic amines) is 1. The summed E-state index contributed by atoms with van der Waals surface area (Å²) in [6.45, 7) is 4.01. The van der Waals surface area contributed by atoms with Gasteiger partial charge in [0, 0.05) is 59.5 Å². The van der Waals surface area contributed by atoms with Gasteiger partial charge in [0.15, 0.2) is 5.96 Å². The van der Waals surface area contributed by atoms with E-state index >= 15 is 0 Å². The Balaban J connectivity index is 1.59. The highest BCUT2D eigenvalue weighted by Gasteiger charge is 2.22. The second kappa shape index (κ2) is 12.9. The van der Waals surface area contributed by atoms with E-state index < -0.39 is 0 Å². The number of piperidine rings is 1. The minimum Gasteiger partial charge on any atom is -0.385 e. The third kappa shape index (κ3) is 8.47. The minimum atomic E-state index is 0.146. The van der Waals surface area contributed by atoms with Gasteiger partial charge in [0.05, 0.1) is 6.10 Å². The Morgan fingerprint density at radius 2 is 1.85 bits per heavy atom. The number of hydrogen-bond donors (Lipinski definition) is 2. The summed E-state index contributed by atoms with van der Waals surface area (Å²) < 4.78 is 11.0. The van der Waals surface area contributed by atoms with Gasteiger partial charge in [-0.05, 0) is 32.1 Å². The minimum absolute atomic E-state index is 0.146. The van der Waals surface area contributed by atoms with E-state index in [4.69, 9.17) is 9.47 Å². The maximum atomic E-state index is 12.1. The van der Waals surface area contributed by atoms with Crippen LogP contribution in [-0.4, -0.2) is 75.9 Å². The van der Waals surface area contributed by atoms with Crippen molar-refractivity contribution in [3.05, 3.63) is 0 Å². The molecular weight excluding hydrogens is 344 g/mol. The van der Waals surface area contributed by atoms with Crippen LogP contribution in [-0.2, 0) is 14.3 Å². The lowest BCUT2D eigenvalue weighted by atomic mass is 9.95. The van der Waals surface area contributed by atoms with Crippen molar-refractivity contribution in [2.24, 2.45) is 4.99 Å². The standard InChI is InChI=1S/C20H38N4O3/c1-21-20(22-12-9-19(25)23-17-7-4-3-5-8-17)24-13-10-18(11-14-24)27-16-6-15-26-2/h17-18H,3-16H2,1-2H3,(H,21,22)(H,23,25). The Hall–Kier alpha value is -1.34. The molecular formula is C20H38N4O3. The lowest BCUT2D eigenvalue weighted by Crippen LogP contribution is -2.48. The SMILES string of the molecule is CN=C(NCCC(=O)NC1CCCCC1)N1CCC(OCCCOC)CC1. The summed E-state index contributed by atoms with van der Waals surface area (Å²) in [5.41, 5.74) is 0. The average molecular weight is 383 g/mol. The van der Waals surface area contributed by atoms with Crippen molar-refractivity contribution in [1.82, 2.24) is 15.5 Å². The quantitative estimate of drug-likeness (QED) is 0.362. The largest absolute Gasteiger partial charge is 0.385 e. The van der Waals surface area contributed by atoms with Gasteiger partial charge in [0.1, 0.15) is 0 Å². The molecule has 1 saturated heterocycles. The molecule has 0 aromatic carbocycles. The topological polar surface area (TPSA) is 75.2 Å². The Labute approximate surface area is 164 Å². The van der Waals surface area contributed by atoms with Crippen molar-refractivity contribution >= 4 is 11.9 Å². The molecule has 0 bridgehead atoms. The molecule has 1 aliphatic carbocycles. The van der Waals surface area contributed by atoms with E-state index in [9.17, 15) is 4.79 Å². The summed E-state index contributed by atoms with van der Waals surface area (Å²) in [5, 5.41) is 6.51. The van der Waals surface area contributed by atoms with Crippen LogP contribution >= 0.6 is 0 Å². The molecule has 1 amide bonds. The summed E-state index contributed by atoms with van der Waals surface area (Å²) >= 11 is 0. The first-order valence-electron chi connectivity index (χ1n) is 10.6. The number of aliphatic imine (C=N–C) groups is 1. The highest BCUT2D eigenvalue weighted by molar-refractivity contribution is 5.81. The normalized spacial score (nSPS) is 19.9. The number of nitrogens with one attached hydrogen (secondary N) is 2. The van der Waals surface area contributed by atoms with Crippen LogP contribution in [0, 0.1) is 0 Å². The van der Waals surface area contributed by atoms with E-state index in [-0.39, 0.29) is 5.91 Å². The molecule has 2 N–H and O–H groups in total. The van der Waals surface area contributed by atoms with E-state index in [1.165, 1.54) is 19.3 Å². The Bertz CT molecular complexity index is 445. The lowest BCUT2D eigenvalue weighted by Gasteiger charge is -2.34. The van der Waals surface area contributed by atoms with E-state index in [1.54, 1.807) is 14.2 Å². The predicted molar refractivity (Wildman–Crippen MR) is 108 cm³/mol. The molecule has 7 nitrogen and oxygen atoms in total. The number of nitrogens with zero attached hydrogens (tertiary/aromatic N) is 2. The second-order valence-electron chi connectivity index (χ2n) is 7.53. The molecule has 2 rings (SSSR count). The fourth-order valence-corrected chi connectivity index (χ4v) is 3.85. The van der Waals surface area contributed by atoms with Crippen molar-refractivity contribution in [3.63, 3.8) is 0 Å². The Kier molecular flexibility index (Phi) is 10.5. The fourth-order valence-electron chi connectivity index (χ4n) is 3.85. The van der Waals surface area contributed by atoms with Gasteiger partial charge >= 0.3 is 0 Å². The van der Waals surface area contributed by atoms with Gasteiger partial charge in [-0.1, -0.05) is 19.3 Å². The molecule has 156 valence electrons. The van der Waals surface area contributed by atoms with E-state index in [2.05, 4.69) is 20.5 Å². The van der Waals surface area contributed by atoms with Gasteiger partial charge in [0.2, 0.25) is 5.91 Å². The van der Waals surface area contributed by atoms with Crippen LogP contribution in [0.5, 0.6) is 0 Å². The van der Waals surface area contributed by atoms with E-state index in [1.807, 2.05) is 0 Å². The molecule has 1 saturated carbocycles. The van der Waals surface area contributed by atoms with Crippen LogP contribution in [0.15, 0.2) is 4.99 Å². The number of guanidine groups is 1. The molecule has 27 heavy (non-hydrogen) atoms. The molecule has 1 aliphatic heterocycles. The average Bonchev–Trinajstić information content (AvgIpc) is 2.70. The molecule has 0 spiro atoms. The Morgan fingerprint density at radius 3 is 2.52 bits per heavy atom. The molecule has 0 aromatic rings. The smallest absolute Gasteiger partial charge is 0.221 e. The van der Waals surface area contributed by atoms with Crippen LogP contribution in [0.2, 0.25) is 0 Å². The first-order valence-corrected chi connectivity index (χ1v) is 10.6. The van der Waals surface area contributed by atoms with Gasteiger partial charge < -0.3 is 25.0 Å². The summed E-state index contributed by atoms with van der Waals surface area (Å²) in [6.07, 6.45) is 9.83. The fraction of sp³-hybridized carbons (Fsp3) is 0.900. The number of carbonyl (C=O) groups excluding carboxylic acids is 1. The lowest BCUT2D eigenvalue weighted by molar-refractivity contribution is -0.121. The van der Waals surface area contributed by atoms with Gasteiger partial charge in [-0.15, -0.1) is 0 Å². The van der Waals surface area contributed by atoms with Gasteiger partial charge in [-0.25, -0.2) is 0 Å². The summed E-state index contributed by atoms with van der Waals surface area (Å²) in [4.78, 5) is 18.8. The van der Waals surface area contributed by atoms with Crippen LogP contribution in [0.25, 0.3) is 0 Å². The number of methoxy groups -OCH3 is 1. The molecule has 2 fully saturated rings. The third-order valence-electron chi connectivity index (χ3n) is 5.41. The van der Waals surface area contributed by atoms with Crippen molar-refractivity contribution in [3.8, 4) is 0 Å². The first-order chi connectivity index (χ1) is 13.2. The summed E-state index contributed by atoms with van der Waals surface area (Å²) in [5.74, 6) is 1.03. The third-order valence-corrected chi connectivity index (χ3v) is 5.41. The summed E-state index contributed by atoms with van der Waals surface area (Å²) in [6, 6.07) is 0.383. The maximum Gasteiger partial charge on any atom is 0.221 e. The maximum absolute atomic E-state index is 12.1. The molecule has 0 aromatic heterocycles. The second-order valence-corrected chi connectivity index (χ2v) is 7.53. The first kappa shape index (κ1) is 22.0. The van der Waals surface area contributed by atoms with E-state index in [0.29, 0.717) is 25.1 Å². The predicted octanol–water partition coefficient (Wildman–Crippen LogP) is 1.92. The van der Waals surface area contributed by atoms with Gasteiger partial charge in [-0.3, -0.25) is 9.79 Å². The summed E-state index contributed by atoms with van der Waals surface area (Å²) in [7, 11) is 3.52. The zero-order valence-corrected chi connectivity index (χ0v) is 17.2. The van der Waals surface area contributed by atoms with Crippen molar-refractivity contribution < 1.29 is 14.3 Å². The number of ether oxygens (including phenoxy) is 2. The van der Waals surface area contributed by atoms with Gasteiger partial charge in [0.25, 0.3) is 0 Å². The number of rotatable bonds is 9. The molecule has 0 unspecified atom stereocenters. The molecule has 0 radical (unpaired) electrons. The molecule has 2 aliphatic rings. The zero-order chi connectivity index (χ0) is 19.3. The van der Waals surface area contributed by atoms with Crippen molar-refractivity contribution in [1.29, 1.82) is 0 Å². The number of carbonyl (C=O) groups is 1. The van der Waals surface area contributed by atoms with Crippen molar-refractivity contribution in [2.75, 3.05) is 47.0 Å². The van der Waals surface area contributed by atoms with Crippen LogP contribution < -0.4 is 10.6 Å². The number of amides is 1. The van der Waals surface area contributed by atoms with Crippen LogP contribution in [0.3, 0.4) is 0 Å². The Morgan fingerprint density at radius 1 is 1.11 bits per heavy atom. The highest BCUT2D eigenvalue weighted by Crippen LogP contribution is 2.17. The van der Waals surface area contributed by atoms with Crippen LogP contribution in [0.1, 0.15) is 57.8 Å². The van der Waals surface area contributed by atoms with Gasteiger partial charge in [-0.2, -0.15) is 0 Å². The van der Waals surface area contributed by atoms with Crippen molar-refractivity contribution in [2.45, 2.75) is 69.9 Å². The number of hydrogen-bond acceptors (Lipinski definition) is 4. The monoisotopic (exact) mass is 382 g/mol. The molecule has 1 heterocycles. The van der Waals surface area contributed by atoms with E-state index in [0.717, 1.165) is 64.4 Å².